The number of rotatable bonds is 10. The van der Waals surface area contributed by atoms with Crippen LogP contribution >= 0.6 is 0 Å². The summed E-state index contributed by atoms with van der Waals surface area (Å²) in [5.41, 5.74) is 3.27. The summed E-state index contributed by atoms with van der Waals surface area (Å²) in [6, 6.07) is 18.0. The zero-order valence-electron chi connectivity index (χ0n) is 27.9. The minimum atomic E-state index is -1.13. The van der Waals surface area contributed by atoms with Gasteiger partial charge in [0.1, 0.15) is 41.0 Å². The summed E-state index contributed by atoms with van der Waals surface area (Å²) in [4.78, 5) is 0. The van der Waals surface area contributed by atoms with E-state index >= 15 is 0 Å². The second-order valence-corrected chi connectivity index (χ2v) is 11.5. The lowest BCUT2D eigenvalue weighted by molar-refractivity contribution is 0.00185. The second-order valence-electron chi connectivity index (χ2n) is 11.5. The molecule has 0 amide bonds. The summed E-state index contributed by atoms with van der Waals surface area (Å²) in [5, 5.41) is 23.8. The van der Waals surface area contributed by atoms with Gasteiger partial charge in [-0.2, -0.15) is 0 Å². The summed E-state index contributed by atoms with van der Waals surface area (Å²) >= 11 is 0. The van der Waals surface area contributed by atoms with E-state index in [1.807, 2.05) is 24.3 Å². The van der Waals surface area contributed by atoms with Gasteiger partial charge in [0.25, 0.3) is 0 Å². The van der Waals surface area contributed by atoms with Gasteiger partial charge < -0.3 is 52.8 Å². The van der Waals surface area contributed by atoms with Gasteiger partial charge in [-0.05, 0) is 41.5 Å². The van der Waals surface area contributed by atoms with Gasteiger partial charge in [0.2, 0.25) is 0 Å². The lowest BCUT2D eigenvalue weighted by atomic mass is 9.77. The Morgan fingerprint density at radius 2 is 1.15 bits per heavy atom. The smallest absolute Gasteiger partial charge is 0.161 e. The fourth-order valence-electron chi connectivity index (χ4n) is 6.67. The van der Waals surface area contributed by atoms with Gasteiger partial charge >= 0.3 is 0 Å². The highest BCUT2D eigenvalue weighted by Gasteiger charge is 2.45. The molecule has 0 radical (unpaired) electrons. The van der Waals surface area contributed by atoms with Crippen molar-refractivity contribution in [2.45, 2.75) is 36.8 Å². The van der Waals surface area contributed by atoms with Crippen LogP contribution in [0.15, 0.2) is 60.7 Å². The first-order chi connectivity index (χ1) is 23.3. The third kappa shape index (κ3) is 5.62. The molecule has 2 aliphatic rings. The maximum atomic E-state index is 12.4. The minimum absolute atomic E-state index is 0.211. The van der Waals surface area contributed by atoms with E-state index in [1.165, 1.54) is 0 Å². The van der Waals surface area contributed by atoms with E-state index in [-0.39, 0.29) is 6.42 Å². The fourth-order valence-corrected chi connectivity index (χ4v) is 6.67. The van der Waals surface area contributed by atoms with Crippen LogP contribution in [0.5, 0.6) is 51.7 Å². The molecule has 6 rings (SSSR count). The highest BCUT2D eigenvalue weighted by Crippen LogP contribution is 2.56. The largest absolute Gasteiger partial charge is 0.497 e. The average molecular weight is 661 g/mol. The Hall–Kier alpha value is -5.00. The predicted octanol–water partition coefficient (Wildman–Crippen LogP) is 5.41. The Morgan fingerprint density at radius 1 is 0.562 bits per heavy atom. The SMILES string of the molecule is COc1ccc2c(c1)O[C@H](c1ccc(OC)c(OC)c1)[C@@H](O)[C@@H]2c1c(OC)cc(OC)c2c1O[C@H](c1ccc(OC)c(OC)c1)[C@@H](O)C2. The van der Waals surface area contributed by atoms with Crippen LogP contribution in [0.3, 0.4) is 0 Å². The first kappa shape index (κ1) is 32.9. The van der Waals surface area contributed by atoms with E-state index in [2.05, 4.69) is 0 Å². The first-order valence-corrected chi connectivity index (χ1v) is 15.4. The lowest BCUT2D eigenvalue weighted by Gasteiger charge is -2.40. The molecule has 0 aromatic heterocycles. The average Bonchev–Trinajstić information content (AvgIpc) is 3.13. The van der Waals surface area contributed by atoms with Crippen molar-refractivity contribution in [3.05, 3.63) is 88.5 Å². The lowest BCUT2D eigenvalue weighted by Crippen LogP contribution is -2.37. The van der Waals surface area contributed by atoms with Crippen molar-refractivity contribution in [2.24, 2.45) is 0 Å². The molecule has 0 saturated heterocycles. The van der Waals surface area contributed by atoms with E-state index < -0.39 is 30.3 Å². The molecule has 2 heterocycles. The van der Waals surface area contributed by atoms with Crippen LogP contribution in [0.4, 0.5) is 0 Å². The maximum Gasteiger partial charge on any atom is 0.161 e. The Bertz CT molecular complexity index is 1790. The van der Waals surface area contributed by atoms with Crippen LogP contribution in [0.25, 0.3) is 0 Å². The van der Waals surface area contributed by atoms with Gasteiger partial charge in [0.05, 0.1) is 55.9 Å². The van der Waals surface area contributed by atoms with Crippen LogP contribution in [0.1, 0.15) is 45.9 Å². The van der Waals surface area contributed by atoms with Crippen molar-refractivity contribution in [1.29, 1.82) is 0 Å². The van der Waals surface area contributed by atoms with E-state index in [4.69, 9.17) is 42.6 Å². The third-order valence-electron chi connectivity index (χ3n) is 9.04. The van der Waals surface area contributed by atoms with Crippen molar-refractivity contribution in [2.75, 3.05) is 49.8 Å². The molecular formula is C37H40O11. The molecule has 4 aromatic rings. The van der Waals surface area contributed by atoms with Gasteiger partial charge in [0.15, 0.2) is 29.1 Å². The van der Waals surface area contributed by atoms with Crippen LogP contribution in [0.2, 0.25) is 0 Å². The standard InChI is InChI=1S/C37H40O11/c1-40-21-10-11-22-28(16-21)47-36(20-9-13-26(42-3)30(15-20)45-6)34(39)32(22)33-31(46-7)18-27(43-4)23-17-24(38)35(48-37(23)33)19-8-12-25(41-2)29(14-19)44-5/h8-16,18,24,32,34-36,38-39H,17H2,1-7H3/t24-,32-,34-,35+,36+/m0/s1. The molecule has 254 valence electrons. The second kappa shape index (κ2) is 13.6. The van der Waals surface area contributed by atoms with Crippen molar-refractivity contribution < 1.29 is 52.8 Å². The molecule has 11 nitrogen and oxygen atoms in total. The molecule has 4 aromatic carbocycles. The molecule has 0 unspecified atom stereocenters. The summed E-state index contributed by atoms with van der Waals surface area (Å²) in [5.74, 6) is 3.85. The molecule has 48 heavy (non-hydrogen) atoms. The highest BCUT2D eigenvalue weighted by atomic mass is 16.5. The summed E-state index contributed by atoms with van der Waals surface area (Å²) < 4.78 is 52.6. The van der Waals surface area contributed by atoms with Crippen LogP contribution in [-0.2, 0) is 6.42 Å². The van der Waals surface area contributed by atoms with E-state index in [0.717, 1.165) is 0 Å². The number of hydrogen-bond acceptors (Lipinski definition) is 11. The Kier molecular flexibility index (Phi) is 9.34. The summed E-state index contributed by atoms with van der Waals surface area (Å²) in [7, 11) is 10.9. The molecule has 2 N–H and O–H groups in total. The number of methoxy groups -OCH3 is 7. The number of fused-ring (bicyclic) bond motifs is 2. The normalized spacial score (nSPS) is 21.1. The fraction of sp³-hybridized carbons (Fsp3) is 0.351. The Labute approximate surface area is 279 Å². The molecule has 0 spiro atoms. The number of benzene rings is 4. The topological polar surface area (TPSA) is 124 Å². The molecule has 0 fully saturated rings. The maximum absolute atomic E-state index is 12.4. The van der Waals surface area contributed by atoms with E-state index in [9.17, 15) is 10.2 Å². The van der Waals surface area contributed by atoms with Crippen molar-refractivity contribution in [1.82, 2.24) is 0 Å². The Balaban J connectivity index is 1.55. The highest BCUT2D eigenvalue weighted by molar-refractivity contribution is 5.64. The van der Waals surface area contributed by atoms with Gasteiger partial charge in [-0.15, -0.1) is 0 Å². The summed E-state index contributed by atoms with van der Waals surface area (Å²) in [6.07, 6.45) is -3.48. The molecule has 5 atom stereocenters. The molecule has 0 saturated carbocycles. The number of aliphatic hydroxyl groups excluding tert-OH is 2. The quantitative estimate of drug-likeness (QED) is 0.227. The predicted molar refractivity (Wildman–Crippen MR) is 176 cm³/mol. The van der Waals surface area contributed by atoms with Crippen molar-refractivity contribution >= 4 is 0 Å². The monoisotopic (exact) mass is 660 g/mol. The van der Waals surface area contributed by atoms with E-state index in [1.54, 1.807) is 86.2 Å². The zero-order valence-corrected chi connectivity index (χ0v) is 27.9. The third-order valence-corrected chi connectivity index (χ3v) is 9.04. The van der Waals surface area contributed by atoms with Gasteiger partial charge in [-0.1, -0.05) is 18.2 Å². The molecule has 11 heteroatoms. The number of hydrogen-bond donors (Lipinski definition) is 2. The van der Waals surface area contributed by atoms with Crippen LogP contribution in [-0.4, -0.2) is 72.2 Å². The van der Waals surface area contributed by atoms with Crippen molar-refractivity contribution in [3.8, 4) is 51.7 Å². The van der Waals surface area contributed by atoms with Gasteiger partial charge in [-0.25, -0.2) is 0 Å². The first-order valence-electron chi connectivity index (χ1n) is 15.4. The summed E-state index contributed by atoms with van der Waals surface area (Å²) in [6.45, 7) is 0. The number of ether oxygens (including phenoxy) is 9. The molecule has 2 aliphatic heterocycles. The molecule has 0 bridgehead atoms. The van der Waals surface area contributed by atoms with Gasteiger partial charge in [-0.3, -0.25) is 0 Å². The minimum Gasteiger partial charge on any atom is -0.497 e. The van der Waals surface area contributed by atoms with Crippen molar-refractivity contribution in [3.63, 3.8) is 0 Å². The number of aliphatic hydroxyl groups is 2. The van der Waals surface area contributed by atoms with E-state index in [0.29, 0.717) is 79.6 Å². The van der Waals surface area contributed by atoms with Gasteiger partial charge in [0, 0.05) is 41.2 Å². The van der Waals surface area contributed by atoms with Crippen LogP contribution < -0.4 is 42.6 Å². The Morgan fingerprint density at radius 3 is 1.71 bits per heavy atom. The van der Waals surface area contributed by atoms with Crippen LogP contribution in [0, 0.1) is 0 Å². The molecular weight excluding hydrogens is 620 g/mol. The molecule has 0 aliphatic carbocycles. The zero-order chi connectivity index (χ0) is 34.1.